The van der Waals surface area contributed by atoms with E-state index in [9.17, 15) is 4.79 Å². The third-order valence-electron chi connectivity index (χ3n) is 1.62. The van der Waals surface area contributed by atoms with Gasteiger partial charge in [-0.15, -0.1) is 11.6 Å². The average Bonchev–Trinajstić information content (AvgIpc) is 2.16. The largest absolute Gasteiger partial charge is 0.369 e. The summed E-state index contributed by atoms with van der Waals surface area (Å²) in [7, 11) is 0. The molecule has 2 aromatic rings. The number of fused-ring (bicyclic) bond motifs is 1. The fourth-order valence-electron chi connectivity index (χ4n) is 1.03. The molecule has 14 heavy (non-hydrogen) atoms. The molecule has 0 aliphatic rings. The molecule has 7 heteroatoms. The van der Waals surface area contributed by atoms with Gasteiger partial charge in [0.2, 0.25) is 5.95 Å². The molecule has 0 amide bonds. The molecule has 2 heterocycles. The fraction of sp³-hybridized carbons (Fsp3) is 0.143. The Morgan fingerprint density at radius 3 is 3.00 bits per heavy atom. The second-order valence-electron chi connectivity index (χ2n) is 2.62. The predicted molar refractivity (Wildman–Crippen MR) is 51.9 cm³/mol. The van der Waals surface area contributed by atoms with Crippen molar-refractivity contribution < 1.29 is 0 Å². The Kier molecular flexibility index (Phi) is 2.05. The van der Waals surface area contributed by atoms with Crippen LogP contribution in [0.15, 0.2) is 11.0 Å². The van der Waals surface area contributed by atoms with Crippen LogP contribution in [0.5, 0.6) is 0 Å². The summed E-state index contributed by atoms with van der Waals surface area (Å²) in [5.74, 6) is 0.237. The zero-order valence-corrected chi connectivity index (χ0v) is 7.75. The number of alkyl halides is 1. The minimum atomic E-state index is -0.402. The van der Waals surface area contributed by atoms with Crippen LogP contribution in [0.1, 0.15) is 5.69 Å². The van der Waals surface area contributed by atoms with Gasteiger partial charge in [-0.2, -0.15) is 4.98 Å². The standard InChI is InChI=1S/C7H6ClN5O/c8-1-3-2-10-4-5(11-3)12-7(9)13-6(4)14/h2H,1H2,(H3,9,11,12,13,14). The summed E-state index contributed by atoms with van der Waals surface area (Å²) in [6, 6.07) is 0. The van der Waals surface area contributed by atoms with Crippen LogP contribution in [-0.4, -0.2) is 19.9 Å². The molecule has 0 radical (unpaired) electrons. The van der Waals surface area contributed by atoms with Crippen molar-refractivity contribution in [3.05, 3.63) is 22.2 Å². The Morgan fingerprint density at radius 1 is 1.50 bits per heavy atom. The summed E-state index contributed by atoms with van der Waals surface area (Å²) in [4.78, 5) is 25.3. The minimum Gasteiger partial charge on any atom is -0.369 e. The molecule has 0 spiro atoms. The first kappa shape index (κ1) is 8.89. The first-order valence-electron chi connectivity index (χ1n) is 3.78. The second kappa shape index (κ2) is 3.22. The number of halogens is 1. The normalized spacial score (nSPS) is 10.6. The fourth-order valence-corrected chi connectivity index (χ4v) is 1.16. The first-order chi connectivity index (χ1) is 6.70. The third-order valence-corrected chi connectivity index (χ3v) is 1.90. The lowest BCUT2D eigenvalue weighted by molar-refractivity contribution is 1.08. The molecule has 0 aromatic carbocycles. The van der Waals surface area contributed by atoms with Crippen molar-refractivity contribution in [1.29, 1.82) is 0 Å². The van der Waals surface area contributed by atoms with E-state index in [0.29, 0.717) is 5.69 Å². The highest BCUT2D eigenvalue weighted by atomic mass is 35.5. The Morgan fingerprint density at radius 2 is 2.29 bits per heavy atom. The van der Waals surface area contributed by atoms with E-state index in [1.807, 2.05) is 0 Å². The van der Waals surface area contributed by atoms with Gasteiger partial charge in [-0.05, 0) is 0 Å². The van der Waals surface area contributed by atoms with Crippen LogP contribution < -0.4 is 11.3 Å². The van der Waals surface area contributed by atoms with Crippen LogP contribution in [0.2, 0.25) is 0 Å². The molecule has 0 bridgehead atoms. The molecular formula is C7H6ClN5O. The summed E-state index contributed by atoms with van der Waals surface area (Å²) in [5.41, 5.74) is 5.87. The van der Waals surface area contributed by atoms with Crippen molar-refractivity contribution in [3.63, 3.8) is 0 Å². The molecular weight excluding hydrogens is 206 g/mol. The molecule has 2 rings (SSSR count). The summed E-state index contributed by atoms with van der Waals surface area (Å²) in [6.07, 6.45) is 1.43. The molecule has 0 fully saturated rings. The summed E-state index contributed by atoms with van der Waals surface area (Å²) < 4.78 is 0. The van der Waals surface area contributed by atoms with Gasteiger partial charge in [0.25, 0.3) is 5.56 Å². The van der Waals surface area contributed by atoms with Crippen LogP contribution in [0.4, 0.5) is 5.95 Å². The second-order valence-corrected chi connectivity index (χ2v) is 2.89. The molecule has 2 aromatic heterocycles. The maximum atomic E-state index is 11.3. The van der Waals surface area contributed by atoms with Gasteiger partial charge in [0.05, 0.1) is 17.8 Å². The maximum absolute atomic E-state index is 11.3. The van der Waals surface area contributed by atoms with Crippen molar-refractivity contribution >= 4 is 28.7 Å². The van der Waals surface area contributed by atoms with Gasteiger partial charge in [-0.1, -0.05) is 0 Å². The summed E-state index contributed by atoms with van der Waals surface area (Å²) in [6.45, 7) is 0. The van der Waals surface area contributed by atoms with Gasteiger partial charge in [0.1, 0.15) is 0 Å². The van der Waals surface area contributed by atoms with E-state index in [4.69, 9.17) is 17.3 Å². The Balaban J connectivity index is 2.82. The highest BCUT2D eigenvalue weighted by Crippen LogP contribution is 2.04. The molecule has 72 valence electrons. The van der Waals surface area contributed by atoms with Crippen molar-refractivity contribution in [2.45, 2.75) is 5.88 Å². The van der Waals surface area contributed by atoms with Crippen molar-refractivity contribution in [3.8, 4) is 0 Å². The smallest absolute Gasteiger partial charge is 0.280 e. The zero-order valence-electron chi connectivity index (χ0n) is 6.99. The molecule has 3 N–H and O–H groups in total. The monoisotopic (exact) mass is 211 g/mol. The minimum absolute atomic E-state index is 0.0172. The molecule has 0 saturated carbocycles. The Hall–Kier alpha value is -1.69. The SMILES string of the molecule is Nc1nc2nc(CCl)cnc2c(=O)[nH]1. The van der Waals surface area contributed by atoms with Crippen molar-refractivity contribution in [2.75, 3.05) is 5.73 Å². The van der Waals surface area contributed by atoms with Crippen molar-refractivity contribution in [2.24, 2.45) is 0 Å². The highest BCUT2D eigenvalue weighted by Gasteiger charge is 2.05. The van der Waals surface area contributed by atoms with Gasteiger partial charge in [-0.3, -0.25) is 9.78 Å². The number of nitrogens with one attached hydrogen (secondary N) is 1. The number of nitrogens with two attached hydrogens (primary N) is 1. The first-order valence-corrected chi connectivity index (χ1v) is 4.31. The number of aromatic amines is 1. The number of nitrogens with zero attached hydrogens (tertiary/aromatic N) is 3. The topological polar surface area (TPSA) is 97.5 Å². The average molecular weight is 212 g/mol. The van der Waals surface area contributed by atoms with E-state index in [-0.39, 0.29) is 23.0 Å². The lowest BCUT2D eigenvalue weighted by Crippen LogP contribution is -2.13. The molecule has 0 unspecified atom stereocenters. The number of aromatic nitrogens is 4. The van der Waals surface area contributed by atoms with E-state index in [1.54, 1.807) is 0 Å². The Labute approximate surface area is 83.2 Å². The van der Waals surface area contributed by atoms with Gasteiger partial charge in [0.15, 0.2) is 11.2 Å². The molecule has 0 atom stereocenters. The molecule has 0 saturated heterocycles. The maximum Gasteiger partial charge on any atom is 0.280 e. The van der Waals surface area contributed by atoms with Crippen LogP contribution >= 0.6 is 11.6 Å². The van der Waals surface area contributed by atoms with Gasteiger partial charge >= 0.3 is 0 Å². The van der Waals surface area contributed by atoms with E-state index >= 15 is 0 Å². The molecule has 6 nitrogen and oxygen atoms in total. The van der Waals surface area contributed by atoms with Crippen LogP contribution in [0, 0.1) is 0 Å². The highest BCUT2D eigenvalue weighted by molar-refractivity contribution is 6.16. The van der Waals surface area contributed by atoms with Gasteiger partial charge < -0.3 is 5.73 Å². The van der Waals surface area contributed by atoms with Crippen molar-refractivity contribution in [1.82, 2.24) is 19.9 Å². The van der Waals surface area contributed by atoms with Gasteiger partial charge in [-0.25, -0.2) is 9.97 Å². The molecule has 0 aliphatic carbocycles. The van der Waals surface area contributed by atoms with Gasteiger partial charge in [0, 0.05) is 0 Å². The summed E-state index contributed by atoms with van der Waals surface area (Å²) >= 11 is 5.56. The zero-order chi connectivity index (χ0) is 10.1. The number of nitrogen functional groups attached to an aromatic ring is 1. The number of rotatable bonds is 1. The number of hydrogen-bond donors (Lipinski definition) is 2. The third kappa shape index (κ3) is 1.39. The lowest BCUT2D eigenvalue weighted by Gasteiger charge is -1.98. The summed E-state index contributed by atoms with van der Waals surface area (Å²) in [5, 5.41) is 0. The predicted octanol–water partition coefficient (Wildman–Crippen LogP) is 0.0341. The Bertz CT molecular complexity index is 537. The van der Waals surface area contributed by atoms with E-state index in [0.717, 1.165) is 0 Å². The van der Waals surface area contributed by atoms with E-state index < -0.39 is 5.56 Å². The molecule has 0 aliphatic heterocycles. The van der Waals surface area contributed by atoms with E-state index in [1.165, 1.54) is 6.20 Å². The van der Waals surface area contributed by atoms with E-state index in [2.05, 4.69) is 19.9 Å². The quantitative estimate of drug-likeness (QED) is 0.649. The van der Waals surface area contributed by atoms with Crippen LogP contribution in [0.25, 0.3) is 11.2 Å². The number of H-pyrrole nitrogens is 1. The lowest BCUT2D eigenvalue weighted by atomic mass is 10.4. The van der Waals surface area contributed by atoms with Crippen LogP contribution in [0.3, 0.4) is 0 Å². The number of anilines is 1. The van der Waals surface area contributed by atoms with Crippen LogP contribution in [-0.2, 0) is 5.88 Å². The number of hydrogen-bond acceptors (Lipinski definition) is 5.